The van der Waals surface area contributed by atoms with Crippen molar-refractivity contribution in [2.45, 2.75) is 20.3 Å². The van der Waals surface area contributed by atoms with Gasteiger partial charge in [0.05, 0.1) is 18.8 Å². The second-order valence-corrected chi connectivity index (χ2v) is 10.1. The van der Waals surface area contributed by atoms with Crippen molar-refractivity contribution >= 4 is 24.3 Å². The minimum atomic E-state index is -3.46. The molecule has 3 aromatic carbocycles. The summed E-state index contributed by atoms with van der Waals surface area (Å²) in [6.07, 6.45) is 0.819. The van der Waals surface area contributed by atoms with Crippen molar-refractivity contribution in [3.8, 4) is 0 Å². The number of carboxylic acid groups (broad SMARTS) is 1. The van der Waals surface area contributed by atoms with E-state index in [9.17, 15) is 14.6 Å². The number of aliphatic hydroxyl groups excluding tert-OH is 2. The molecular formula is C25H33O6P. The Kier molecular flexibility index (Phi) is 11.8. The fourth-order valence-electron chi connectivity index (χ4n) is 2.36. The maximum absolute atomic E-state index is 10.2. The van der Waals surface area contributed by atoms with Crippen molar-refractivity contribution in [3.63, 3.8) is 0 Å². The second kappa shape index (κ2) is 13.7. The Labute approximate surface area is 190 Å². The quantitative estimate of drug-likeness (QED) is 0.361. The van der Waals surface area contributed by atoms with Gasteiger partial charge in [-0.1, -0.05) is 32.0 Å². The third kappa shape index (κ3) is 8.87. The van der Waals surface area contributed by atoms with Gasteiger partial charge in [0.1, 0.15) is 0 Å². The number of carboxylic acids is 1. The average molecular weight is 461 g/mol. The van der Waals surface area contributed by atoms with E-state index in [1.54, 1.807) is 54.6 Å². The van der Waals surface area contributed by atoms with Crippen molar-refractivity contribution in [2.24, 2.45) is 5.41 Å². The van der Waals surface area contributed by atoms with Crippen LogP contribution in [-0.2, 0) is 0 Å². The van der Waals surface area contributed by atoms with E-state index >= 15 is 0 Å². The molecule has 32 heavy (non-hydrogen) atoms. The van der Waals surface area contributed by atoms with Gasteiger partial charge in [-0.2, -0.15) is 0 Å². The van der Waals surface area contributed by atoms with Crippen LogP contribution in [-0.4, -0.2) is 44.3 Å². The normalized spacial score (nSPS) is 11.3. The summed E-state index contributed by atoms with van der Waals surface area (Å²) in [5.41, 5.74) is 0.0671. The molecule has 0 amide bonds. The molecule has 5 N–H and O–H groups in total. The maximum atomic E-state index is 10.2. The minimum absolute atomic E-state index is 0.0694. The van der Waals surface area contributed by atoms with Gasteiger partial charge in [0.15, 0.2) is 0 Å². The van der Waals surface area contributed by atoms with E-state index < -0.39 is 13.7 Å². The van der Waals surface area contributed by atoms with Crippen molar-refractivity contribution in [3.05, 3.63) is 96.6 Å². The molecule has 0 bridgehead atoms. The molecule has 0 saturated carbocycles. The second-order valence-electron chi connectivity index (χ2n) is 7.56. The van der Waals surface area contributed by atoms with E-state index in [0.717, 1.165) is 6.42 Å². The Morgan fingerprint density at radius 3 is 1.31 bits per heavy atom. The summed E-state index contributed by atoms with van der Waals surface area (Å²) in [4.78, 5) is 30.5. The van der Waals surface area contributed by atoms with Crippen LogP contribution in [0.1, 0.15) is 30.6 Å². The Hall–Kier alpha value is -2.60. The summed E-state index contributed by atoms with van der Waals surface area (Å²) in [6.45, 7) is 3.94. The first-order valence-corrected chi connectivity index (χ1v) is 12.2. The van der Waals surface area contributed by atoms with E-state index in [1.165, 1.54) is 0 Å². The molecular weight excluding hydrogens is 427 g/mol. The molecule has 0 saturated heterocycles. The van der Waals surface area contributed by atoms with Crippen molar-refractivity contribution in [1.82, 2.24) is 0 Å². The van der Waals surface area contributed by atoms with Gasteiger partial charge in [0.25, 0.3) is 0 Å². The first-order chi connectivity index (χ1) is 15.2. The standard InChI is InChI=1S/C12H13O2P.C7H6O2.C6H14O2/c13-15(14,11-7-3-1-4-8-11)12-9-5-2-6-10-12;8-7(9)6-4-2-1-3-5-6;1-3-6(2,4-7)5-8/h1-10,13-15H;1-5H,(H,8,9);7-8H,3-5H2,1-2H3. The van der Waals surface area contributed by atoms with Gasteiger partial charge in [-0.25, -0.2) is 4.79 Å². The van der Waals surface area contributed by atoms with E-state index in [2.05, 4.69) is 0 Å². The zero-order valence-electron chi connectivity index (χ0n) is 18.4. The van der Waals surface area contributed by atoms with Crippen LogP contribution in [0.15, 0.2) is 91.0 Å². The molecule has 0 atom stereocenters. The fraction of sp³-hybridized carbons (Fsp3) is 0.240. The summed E-state index contributed by atoms with van der Waals surface area (Å²) in [7, 11) is -3.46. The third-order valence-corrected chi connectivity index (χ3v) is 7.27. The van der Waals surface area contributed by atoms with Crippen LogP contribution in [0.5, 0.6) is 0 Å². The number of hydrogen-bond donors (Lipinski definition) is 5. The Bertz CT molecular complexity index is 848. The predicted molar refractivity (Wildman–Crippen MR) is 131 cm³/mol. The van der Waals surface area contributed by atoms with Crippen molar-refractivity contribution in [1.29, 1.82) is 0 Å². The molecule has 0 spiro atoms. The summed E-state index contributed by atoms with van der Waals surface area (Å²) in [5.74, 6) is -0.879. The van der Waals surface area contributed by atoms with E-state index in [-0.39, 0.29) is 18.6 Å². The SMILES string of the molecule is CCC(C)(CO)CO.O=C(O)c1ccccc1.O[PH](O)(c1ccccc1)c1ccccc1. The molecule has 3 aromatic rings. The first kappa shape index (κ1) is 27.4. The van der Waals surface area contributed by atoms with Crippen LogP contribution in [0.2, 0.25) is 0 Å². The number of hydrogen-bond acceptors (Lipinski definition) is 5. The molecule has 7 heteroatoms. The zero-order chi connectivity index (χ0) is 24.0. The number of aromatic carboxylic acids is 1. The van der Waals surface area contributed by atoms with Crippen molar-refractivity contribution < 1.29 is 29.9 Å². The average Bonchev–Trinajstić information content (AvgIpc) is 2.86. The van der Waals surface area contributed by atoms with E-state index in [0.29, 0.717) is 16.2 Å². The molecule has 6 nitrogen and oxygen atoms in total. The summed E-state index contributed by atoms with van der Waals surface area (Å²) >= 11 is 0. The monoisotopic (exact) mass is 460 g/mol. The van der Waals surface area contributed by atoms with Gasteiger partial charge < -0.3 is 15.3 Å². The van der Waals surface area contributed by atoms with Crippen LogP contribution >= 0.6 is 7.72 Å². The van der Waals surface area contributed by atoms with Gasteiger partial charge in [0, 0.05) is 5.41 Å². The van der Waals surface area contributed by atoms with Crippen molar-refractivity contribution in [2.75, 3.05) is 13.2 Å². The van der Waals surface area contributed by atoms with Gasteiger partial charge >= 0.3 is 94.7 Å². The molecule has 3 rings (SSSR count). The van der Waals surface area contributed by atoms with Crippen LogP contribution in [0, 0.1) is 5.41 Å². The van der Waals surface area contributed by atoms with Crippen LogP contribution in [0.4, 0.5) is 0 Å². The molecule has 0 fully saturated rings. The summed E-state index contributed by atoms with van der Waals surface area (Å²) < 4.78 is 0. The van der Waals surface area contributed by atoms with Gasteiger partial charge in [-0.15, -0.1) is 0 Å². The number of rotatable bonds is 6. The molecule has 0 aliphatic rings. The van der Waals surface area contributed by atoms with Crippen LogP contribution in [0.3, 0.4) is 0 Å². The number of aliphatic hydroxyl groups is 2. The fourth-order valence-corrected chi connectivity index (χ4v) is 4.01. The Balaban J connectivity index is 0.000000260. The topological polar surface area (TPSA) is 118 Å². The molecule has 0 aliphatic carbocycles. The summed E-state index contributed by atoms with van der Waals surface area (Å²) in [6, 6.07) is 26.3. The number of benzene rings is 3. The first-order valence-electron chi connectivity index (χ1n) is 10.3. The van der Waals surface area contributed by atoms with Gasteiger partial charge in [-0.3, -0.25) is 0 Å². The summed E-state index contributed by atoms with van der Waals surface area (Å²) in [5, 5.41) is 26.9. The van der Waals surface area contributed by atoms with E-state index in [1.807, 2.05) is 50.2 Å². The molecule has 174 valence electrons. The van der Waals surface area contributed by atoms with Gasteiger partial charge in [-0.05, 0) is 18.6 Å². The Morgan fingerprint density at radius 2 is 1.09 bits per heavy atom. The molecule has 0 unspecified atom stereocenters. The third-order valence-electron chi connectivity index (χ3n) is 4.99. The molecule has 0 aliphatic heterocycles. The van der Waals surface area contributed by atoms with Crippen LogP contribution in [0.25, 0.3) is 0 Å². The van der Waals surface area contributed by atoms with E-state index in [4.69, 9.17) is 15.3 Å². The molecule has 0 heterocycles. The molecule has 0 radical (unpaired) electrons. The zero-order valence-corrected chi connectivity index (χ0v) is 19.4. The predicted octanol–water partition coefficient (Wildman–Crippen LogP) is 2.97. The van der Waals surface area contributed by atoms with Crippen LogP contribution < -0.4 is 10.6 Å². The molecule has 0 aromatic heterocycles. The number of carbonyl (C=O) groups is 1. The van der Waals surface area contributed by atoms with Gasteiger partial charge in [0.2, 0.25) is 0 Å². The Morgan fingerprint density at radius 1 is 0.750 bits per heavy atom.